The molecule has 1 unspecified atom stereocenters. The molecule has 3 atom stereocenters. The quantitative estimate of drug-likeness (QED) is 0.0231. The number of esters is 2. The van der Waals surface area contributed by atoms with Crippen molar-refractivity contribution in [2.75, 3.05) is 19.8 Å². The largest absolute Gasteiger partial charge is 0.480 e. The molecule has 0 radical (unpaired) electrons. The summed E-state index contributed by atoms with van der Waals surface area (Å²) in [7, 11) is -4.74. The minimum atomic E-state index is -4.74. The van der Waals surface area contributed by atoms with Gasteiger partial charge in [-0.3, -0.25) is 23.4 Å². The Kier molecular flexibility index (Phi) is 40.4. The van der Waals surface area contributed by atoms with Crippen LogP contribution in [-0.4, -0.2) is 59.9 Å². The molecule has 0 aromatic carbocycles. The number of unbranched alkanes of at least 4 members (excludes halogenated alkanes) is 16. The molecule has 0 aromatic heterocycles. The summed E-state index contributed by atoms with van der Waals surface area (Å²) < 4.78 is 32.6. The zero-order valence-corrected chi connectivity index (χ0v) is 38.2. The zero-order valence-electron chi connectivity index (χ0n) is 37.3. The van der Waals surface area contributed by atoms with E-state index in [9.17, 15) is 23.8 Å². The van der Waals surface area contributed by atoms with E-state index in [1.165, 1.54) is 83.5 Å². The summed E-state index contributed by atoms with van der Waals surface area (Å²) in [5.41, 5.74) is 5.33. The Morgan fingerprint density at radius 3 is 1.43 bits per heavy atom. The number of phosphoric ester groups is 1. The molecular formula is C48H82NO10P. The summed E-state index contributed by atoms with van der Waals surface area (Å²) in [6.45, 7) is 2.69. The van der Waals surface area contributed by atoms with Crippen molar-refractivity contribution in [3.8, 4) is 0 Å². The van der Waals surface area contributed by atoms with E-state index in [1.807, 2.05) is 12.2 Å². The van der Waals surface area contributed by atoms with E-state index in [0.29, 0.717) is 19.3 Å². The molecule has 0 spiro atoms. The van der Waals surface area contributed by atoms with Crippen LogP contribution in [0.2, 0.25) is 0 Å². The van der Waals surface area contributed by atoms with E-state index in [-0.39, 0.29) is 19.4 Å². The minimum absolute atomic E-state index is 0.0340. The highest BCUT2D eigenvalue weighted by Crippen LogP contribution is 2.43. The number of hydrogen-bond acceptors (Lipinski definition) is 9. The normalized spacial score (nSPS) is 14.3. The number of carboxylic acids is 1. The smallest absolute Gasteiger partial charge is 0.472 e. The first-order valence-corrected chi connectivity index (χ1v) is 24.5. The molecule has 0 saturated carbocycles. The van der Waals surface area contributed by atoms with Crippen LogP contribution in [0.15, 0.2) is 72.9 Å². The van der Waals surface area contributed by atoms with Crippen molar-refractivity contribution in [3.63, 3.8) is 0 Å². The van der Waals surface area contributed by atoms with Crippen molar-refractivity contribution in [1.82, 2.24) is 0 Å². The summed E-state index contributed by atoms with van der Waals surface area (Å²) in [6.07, 6.45) is 51.2. The van der Waals surface area contributed by atoms with Crippen LogP contribution in [0, 0.1) is 0 Å². The number of hydrogen-bond donors (Lipinski definition) is 3. The second kappa shape index (κ2) is 42.6. The predicted octanol–water partition coefficient (Wildman–Crippen LogP) is 12.5. The highest BCUT2D eigenvalue weighted by atomic mass is 31.2. The van der Waals surface area contributed by atoms with E-state index >= 15 is 0 Å². The first-order chi connectivity index (χ1) is 29.1. The van der Waals surface area contributed by atoms with E-state index in [1.54, 1.807) is 0 Å². The van der Waals surface area contributed by atoms with Crippen molar-refractivity contribution in [2.45, 2.75) is 193 Å². The van der Waals surface area contributed by atoms with Gasteiger partial charge in [-0.05, 0) is 77.0 Å². The molecule has 0 aliphatic heterocycles. The summed E-state index contributed by atoms with van der Waals surface area (Å²) in [4.78, 5) is 46.0. The molecular weight excluding hydrogens is 781 g/mol. The number of carboxylic acid groups (broad SMARTS) is 1. The lowest BCUT2D eigenvalue weighted by molar-refractivity contribution is -0.161. The molecule has 0 aromatic rings. The van der Waals surface area contributed by atoms with Gasteiger partial charge < -0.3 is 25.2 Å². The number of allylic oxidation sites excluding steroid dienone is 12. The molecule has 12 heteroatoms. The number of carbonyl (C=O) groups is 3. The van der Waals surface area contributed by atoms with E-state index in [4.69, 9.17) is 24.8 Å². The van der Waals surface area contributed by atoms with Crippen LogP contribution in [0.5, 0.6) is 0 Å². The maximum absolute atomic E-state index is 12.6. The van der Waals surface area contributed by atoms with E-state index in [0.717, 1.165) is 51.4 Å². The highest BCUT2D eigenvalue weighted by Gasteiger charge is 2.28. The number of carbonyl (C=O) groups excluding carboxylic acids is 2. The van der Waals surface area contributed by atoms with Gasteiger partial charge in [0, 0.05) is 12.8 Å². The molecule has 11 nitrogen and oxygen atoms in total. The van der Waals surface area contributed by atoms with Gasteiger partial charge in [0.2, 0.25) is 0 Å². The number of aliphatic carboxylic acids is 1. The lowest BCUT2D eigenvalue weighted by Crippen LogP contribution is -2.34. The van der Waals surface area contributed by atoms with Gasteiger partial charge in [0.15, 0.2) is 6.10 Å². The average molecular weight is 864 g/mol. The fraction of sp³-hybridized carbons (Fsp3) is 0.688. The summed E-state index contributed by atoms with van der Waals surface area (Å²) in [5, 5.41) is 8.90. The summed E-state index contributed by atoms with van der Waals surface area (Å²) in [5.74, 6) is -2.49. The fourth-order valence-corrected chi connectivity index (χ4v) is 6.58. The lowest BCUT2D eigenvalue weighted by atomic mass is 10.1. The molecule has 0 heterocycles. The van der Waals surface area contributed by atoms with Gasteiger partial charge in [0.05, 0.1) is 13.2 Å². The second-order valence-electron chi connectivity index (χ2n) is 15.2. The Balaban J connectivity index is 4.47. The molecule has 0 aliphatic rings. The number of nitrogens with two attached hydrogens (primary N) is 1. The molecule has 0 fully saturated rings. The van der Waals surface area contributed by atoms with Crippen LogP contribution in [0.4, 0.5) is 0 Å². The highest BCUT2D eigenvalue weighted by molar-refractivity contribution is 7.47. The maximum Gasteiger partial charge on any atom is 0.472 e. The Morgan fingerprint density at radius 1 is 0.517 bits per heavy atom. The van der Waals surface area contributed by atoms with Gasteiger partial charge >= 0.3 is 25.7 Å². The van der Waals surface area contributed by atoms with Crippen molar-refractivity contribution < 1.29 is 47.5 Å². The first kappa shape index (κ1) is 56.9. The molecule has 0 amide bonds. The summed E-state index contributed by atoms with van der Waals surface area (Å²) in [6, 6.07) is -1.54. The van der Waals surface area contributed by atoms with Crippen molar-refractivity contribution in [2.24, 2.45) is 5.73 Å². The molecule has 0 saturated heterocycles. The monoisotopic (exact) mass is 864 g/mol. The Morgan fingerprint density at radius 2 is 0.917 bits per heavy atom. The minimum Gasteiger partial charge on any atom is -0.480 e. The first-order valence-electron chi connectivity index (χ1n) is 23.0. The van der Waals surface area contributed by atoms with Crippen LogP contribution < -0.4 is 5.73 Å². The van der Waals surface area contributed by atoms with Gasteiger partial charge in [0.1, 0.15) is 12.6 Å². The molecule has 0 aliphatic carbocycles. The molecule has 344 valence electrons. The Labute approximate surface area is 363 Å². The molecule has 4 N–H and O–H groups in total. The third-order valence-corrected chi connectivity index (χ3v) is 10.4. The van der Waals surface area contributed by atoms with Gasteiger partial charge in [-0.1, -0.05) is 164 Å². The Bertz CT molecular complexity index is 1290. The third-order valence-electron chi connectivity index (χ3n) is 9.44. The van der Waals surface area contributed by atoms with Crippen LogP contribution in [-0.2, 0) is 37.5 Å². The number of rotatable bonds is 42. The molecule has 0 bridgehead atoms. The van der Waals surface area contributed by atoms with Gasteiger partial charge in [-0.25, -0.2) is 4.57 Å². The lowest BCUT2D eigenvalue weighted by Gasteiger charge is -2.20. The van der Waals surface area contributed by atoms with Crippen LogP contribution in [0.25, 0.3) is 0 Å². The molecule has 60 heavy (non-hydrogen) atoms. The standard InChI is InChI=1S/C48H82NO10P/c1-3-5-7-9-11-13-15-17-19-21-22-24-26-28-30-32-34-36-38-40-47(51)59-44(42-57-60(54,55)58-43-45(49)48(52)53)41-56-46(50)39-37-35-33-31-29-27-25-23-20-18-16-14-12-10-8-6-4-2/h11,13,17-20,22,24,28,30,34,36,44-45H,3-10,12,14-16,21,23,25-27,29,31-33,35,37-43,49H2,1-2H3,(H,52,53)(H,54,55)/b13-11-,19-17-,20-18-,24-22-,30-28-,36-34-/t44-,45+/m1/s1. The van der Waals surface area contributed by atoms with Crippen molar-refractivity contribution >= 4 is 25.7 Å². The predicted molar refractivity (Wildman–Crippen MR) is 244 cm³/mol. The topological polar surface area (TPSA) is 172 Å². The third kappa shape index (κ3) is 41.6. The van der Waals surface area contributed by atoms with E-state index < -0.39 is 51.1 Å². The number of ether oxygens (including phenoxy) is 2. The fourth-order valence-electron chi connectivity index (χ4n) is 5.81. The maximum atomic E-state index is 12.6. The Hall–Kier alpha value is -3.08. The average Bonchev–Trinajstić information content (AvgIpc) is 3.22. The van der Waals surface area contributed by atoms with Gasteiger partial charge in [0.25, 0.3) is 0 Å². The van der Waals surface area contributed by atoms with E-state index in [2.05, 4.69) is 79.1 Å². The van der Waals surface area contributed by atoms with Crippen molar-refractivity contribution in [3.05, 3.63) is 72.9 Å². The van der Waals surface area contributed by atoms with Crippen LogP contribution in [0.3, 0.4) is 0 Å². The van der Waals surface area contributed by atoms with Crippen LogP contribution >= 0.6 is 7.82 Å². The number of phosphoric acid groups is 1. The van der Waals surface area contributed by atoms with Crippen LogP contribution in [0.1, 0.15) is 181 Å². The second-order valence-corrected chi connectivity index (χ2v) is 16.6. The zero-order chi connectivity index (χ0) is 44.2. The molecule has 0 rings (SSSR count). The summed E-state index contributed by atoms with van der Waals surface area (Å²) >= 11 is 0. The SMILES string of the molecule is CCCCC/C=C\C/C=C\C/C=C\C/C=C\C/C=C\CCC(=O)O[C@H](COC(=O)CCCCCCCCC/C=C\CCCCCCCC)COP(=O)(O)OC[C@H](N)C(=O)O. The van der Waals surface area contributed by atoms with Gasteiger partial charge in [-0.2, -0.15) is 0 Å². The van der Waals surface area contributed by atoms with Crippen molar-refractivity contribution in [1.29, 1.82) is 0 Å². The van der Waals surface area contributed by atoms with Gasteiger partial charge in [-0.15, -0.1) is 0 Å².